The highest BCUT2D eigenvalue weighted by Crippen LogP contribution is 2.27. The number of para-hydroxylation sites is 1. The Morgan fingerprint density at radius 2 is 1.78 bits per heavy atom. The van der Waals surface area contributed by atoms with E-state index in [0.29, 0.717) is 19.4 Å². The van der Waals surface area contributed by atoms with Gasteiger partial charge in [0.15, 0.2) is 0 Å². The number of imide groups is 1. The van der Waals surface area contributed by atoms with Gasteiger partial charge in [-0.15, -0.1) is 0 Å². The summed E-state index contributed by atoms with van der Waals surface area (Å²) < 4.78 is 0. The quantitative estimate of drug-likeness (QED) is 0.828. The Morgan fingerprint density at radius 1 is 1.04 bits per heavy atom. The first-order chi connectivity index (χ1) is 13.1. The Morgan fingerprint density at radius 3 is 2.59 bits per heavy atom. The topological polar surface area (TPSA) is 69.7 Å². The van der Waals surface area contributed by atoms with E-state index in [1.54, 1.807) is 4.90 Å². The molecule has 27 heavy (non-hydrogen) atoms. The van der Waals surface area contributed by atoms with Gasteiger partial charge in [0.1, 0.15) is 12.6 Å². The summed E-state index contributed by atoms with van der Waals surface area (Å²) in [6.45, 7) is 0.361. The molecule has 6 heteroatoms. The van der Waals surface area contributed by atoms with Gasteiger partial charge in [-0.2, -0.15) is 0 Å². The number of carbonyl (C=O) groups excluding carboxylic acids is 3. The molecule has 0 bridgehead atoms. The molecule has 1 unspecified atom stereocenters. The van der Waals surface area contributed by atoms with Crippen LogP contribution in [0.15, 0.2) is 54.6 Å². The molecule has 2 aliphatic rings. The average Bonchev–Trinajstić information content (AvgIpc) is 3.23. The largest absolute Gasteiger partial charge is 0.326 e. The van der Waals surface area contributed by atoms with Crippen LogP contribution in [-0.4, -0.2) is 41.9 Å². The first-order valence-corrected chi connectivity index (χ1v) is 9.17. The van der Waals surface area contributed by atoms with Crippen LogP contribution >= 0.6 is 0 Å². The molecule has 138 valence electrons. The van der Waals surface area contributed by atoms with Crippen molar-refractivity contribution in [2.45, 2.75) is 25.3 Å². The Hall–Kier alpha value is -3.15. The van der Waals surface area contributed by atoms with Gasteiger partial charge in [-0.1, -0.05) is 48.5 Å². The molecule has 0 saturated carbocycles. The molecule has 1 fully saturated rings. The van der Waals surface area contributed by atoms with Crippen LogP contribution in [0.3, 0.4) is 0 Å². The van der Waals surface area contributed by atoms with Crippen LogP contribution in [0.1, 0.15) is 17.5 Å². The number of rotatable bonds is 5. The molecule has 2 aromatic rings. The summed E-state index contributed by atoms with van der Waals surface area (Å²) in [6.07, 6.45) is 2.01. The molecule has 0 spiro atoms. The molecule has 0 aromatic heterocycles. The number of aryl methyl sites for hydroxylation is 1. The molecular formula is C21H21N3O3. The zero-order chi connectivity index (χ0) is 18.8. The van der Waals surface area contributed by atoms with E-state index in [0.717, 1.165) is 28.1 Å². The first-order valence-electron chi connectivity index (χ1n) is 9.17. The third kappa shape index (κ3) is 3.43. The molecule has 4 rings (SSSR count). The lowest BCUT2D eigenvalue weighted by atomic mass is 10.1. The molecular weight excluding hydrogens is 342 g/mol. The number of amides is 4. The summed E-state index contributed by atoms with van der Waals surface area (Å²) in [7, 11) is 0. The molecule has 2 aromatic carbocycles. The second-order valence-electron chi connectivity index (χ2n) is 6.87. The summed E-state index contributed by atoms with van der Waals surface area (Å²) in [4.78, 5) is 40.2. The summed E-state index contributed by atoms with van der Waals surface area (Å²) in [5.74, 6) is -0.552. The zero-order valence-electron chi connectivity index (χ0n) is 14.9. The van der Waals surface area contributed by atoms with Gasteiger partial charge in [-0.3, -0.25) is 14.5 Å². The highest BCUT2D eigenvalue weighted by molar-refractivity contribution is 6.08. The first kappa shape index (κ1) is 17.3. The SMILES string of the molecule is O=C1NC(CCc2ccccc2)C(=O)N1CC(=O)N1CCc2ccccc21. The van der Waals surface area contributed by atoms with Gasteiger partial charge >= 0.3 is 6.03 Å². The number of nitrogens with one attached hydrogen (secondary N) is 1. The Kier molecular flexibility index (Phi) is 4.62. The maximum Gasteiger partial charge on any atom is 0.325 e. The number of hydrogen-bond acceptors (Lipinski definition) is 3. The summed E-state index contributed by atoms with van der Waals surface area (Å²) in [5, 5.41) is 2.71. The molecule has 1 saturated heterocycles. The second kappa shape index (κ2) is 7.23. The van der Waals surface area contributed by atoms with Crippen molar-refractivity contribution < 1.29 is 14.4 Å². The fourth-order valence-electron chi connectivity index (χ4n) is 3.70. The van der Waals surface area contributed by atoms with Crippen LogP contribution in [0.2, 0.25) is 0 Å². The molecule has 2 heterocycles. The predicted molar refractivity (Wildman–Crippen MR) is 101 cm³/mol. The number of fused-ring (bicyclic) bond motifs is 1. The van der Waals surface area contributed by atoms with E-state index in [1.165, 1.54) is 0 Å². The van der Waals surface area contributed by atoms with Crippen LogP contribution in [0.4, 0.5) is 10.5 Å². The third-order valence-corrected chi connectivity index (χ3v) is 5.15. The van der Waals surface area contributed by atoms with Crippen LogP contribution in [-0.2, 0) is 22.4 Å². The Bertz CT molecular complexity index is 881. The summed E-state index contributed by atoms with van der Waals surface area (Å²) in [6, 6.07) is 16.5. The third-order valence-electron chi connectivity index (χ3n) is 5.15. The van der Waals surface area contributed by atoms with Gasteiger partial charge in [0, 0.05) is 12.2 Å². The molecule has 4 amide bonds. The maximum absolute atomic E-state index is 12.7. The van der Waals surface area contributed by atoms with Crippen LogP contribution in [0, 0.1) is 0 Å². The Balaban J connectivity index is 1.39. The number of benzene rings is 2. The lowest BCUT2D eigenvalue weighted by Gasteiger charge is -2.20. The van der Waals surface area contributed by atoms with Crippen molar-refractivity contribution in [3.63, 3.8) is 0 Å². The van der Waals surface area contributed by atoms with Gasteiger partial charge in [0.25, 0.3) is 5.91 Å². The number of hydrogen-bond donors (Lipinski definition) is 1. The van der Waals surface area contributed by atoms with E-state index in [-0.39, 0.29) is 18.4 Å². The van der Waals surface area contributed by atoms with Gasteiger partial charge in [0.05, 0.1) is 0 Å². The average molecular weight is 363 g/mol. The molecule has 0 aliphatic carbocycles. The van der Waals surface area contributed by atoms with Gasteiger partial charge in [0.2, 0.25) is 5.91 Å². The van der Waals surface area contributed by atoms with Crippen molar-refractivity contribution in [1.82, 2.24) is 10.2 Å². The summed E-state index contributed by atoms with van der Waals surface area (Å²) >= 11 is 0. The van der Waals surface area contributed by atoms with E-state index < -0.39 is 12.1 Å². The van der Waals surface area contributed by atoms with Crippen LogP contribution < -0.4 is 10.2 Å². The number of urea groups is 1. The molecule has 6 nitrogen and oxygen atoms in total. The van der Waals surface area contributed by atoms with Crippen molar-refractivity contribution in [2.75, 3.05) is 18.0 Å². The molecule has 0 radical (unpaired) electrons. The molecule has 1 atom stereocenters. The van der Waals surface area contributed by atoms with E-state index in [1.807, 2.05) is 54.6 Å². The second-order valence-corrected chi connectivity index (χ2v) is 6.87. The van der Waals surface area contributed by atoms with Crippen molar-refractivity contribution in [3.8, 4) is 0 Å². The van der Waals surface area contributed by atoms with Crippen molar-refractivity contribution in [1.29, 1.82) is 0 Å². The van der Waals surface area contributed by atoms with Crippen LogP contribution in [0.5, 0.6) is 0 Å². The smallest absolute Gasteiger partial charge is 0.325 e. The number of nitrogens with zero attached hydrogens (tertiary/aromatic N) is 2. The predicted octanol–water partition coefficient (Wildman–Crippen LogP) is 2.13. The van der Waals surface area contributed by atoms with E-state index in [2.05, 4.69) is 5.32 Å². The van der Waals surface area contributed by atoms with E-state index >= 15 is 0 Å². The van der Waals surface area contributed by atoms with Gasteiger partial charge in [-0.05, 0) is 36.5 Å². The fraction of sp³-hybridized carbons (Fsp3) is 0.286. The minimum atomic E-state index is -0.573. The highest BCUT2D eigenvalue weighted by atomic mass is 16.2. The van der Waals surface area contributed by atoms with Crippen LogP contribution in [0.25, 0.3) is 0 Å². The van der Waals surface area contributed by atoms with E-state index in [4.69, 9.17) is 0 Å². The minimum absolute atomic E-state index is 0.221. The lowest BCUT2D eigenvalue weighted by Crippen LogP contribution is -2.42. The molecule has 1 N–H and O–H groups in total. The van der Waals surface area contributed by atoms with E-state index in [9.17, 15) is 14.4 Å². The standard InChI is InChI=1S/C21H21N3O3/c25-19(23-13-12-16-8-4-5-9-18(16)23)14-24-20(26)17(22-21(24)27)11-10-15-6-2-1-3-7-15/h1-9,17H,10-14H2,(H,22,27). The van der Waals surface area contributed by atoms with Crippen molar-refractivity contribution >= 4 is 23.5 Å². The number of carbonyl (C=O) groups is 3. The fourth-order valence-corrected chi connectivity index (χ4v) is 3.70. The minimum Gasteiger partial charge on any atom is -0.326 e. The number of anilines is 1. The van der Waals surface area contributed by atoms with Crippen molar-refractivity contribution in [2.24, 2.45) is 0 Å². The Labute approximate surface area is 157 Å². The summed E-state index contributed by atoms with van der Waals surface area (Å²) in [5.41, 5.74) is 3.10. The normalized spacial score (nSPS) is 18.6. The highest BCUT2D eigenvalue weighted by Gasteiger charge is 2.39. The zero-order valence-corrected chi connectivity index (χ0v) is 14.9. The van der Waals surface area contributed by atoms with Gasteiger partial charge < -0.3 is 10.2 Å². The van der Waals surface area contributed by atoms with Gasteiger partial charge in [-0.25, -0.2) is 4.79 Å². The molecule has 2 aliphatic heterocycles. The monoisotopic (exact) mass is 363 g/mol. The lowest BCUT2D eigenvalue weighted by molar-refractivity contribution is -0.131. The maximum atomic E-state index is 12.7. The van der Waals surface area contributed by atoms with Crippen molar-refractivity contribution in [3.05, 3.63) is 65.7 Å².